The number of hydrogen-bond acceptors (Lipinski definition) is 2. The summed E-state index contributed by atoms with van der Waals surface area (Å²) in [6.07, 6.45) is 9.42. The van der Waals surface area contributed by atoms with Gasteiger partial charge in [0, 0.05) is 18.7 Å². The largest absolute Gasteiger partial charge is 0.457 e. The van der Waals surface area contributed by atoms with E-state index in [0.717, 1.165) is 35.5 Å². The van der Waals surface area contributed by atoms with Crippen LogP contribution in [0.3, 0.4) is 0 Å². The van der Waals surface area contributed by atoms with Crippen LogP contribution >= 0.6 is 0 Å². The van der Waals surface area contributed by atoms with E-state index in [4.69, 9.17) is 4.74 Å². The lowest BCUT2D eigenvalue weighted by Crippen LogP contribution is -2.40. The molecule has 3 aromatic rings. The summed E-state index contributed by atoms with van der Waals surface area (Å²) in [6.45, 7) is 0.592. The fourth-order valence-corrected chi connectivity index (χ4v) is 4.14. The van der Waals surface area contributed by atoms with E-state index in [0.29, 0.717) is 12.6 Å². The topological polar surface area (TPSA) is 29.5 Å². The summed E-state index contributed by atoms with van der Waals surface area (Å²) in [5.41, 5.74) is 2.12. The zero-order chi connectivity index (χ0) is 21.3. The van der Waals surface area contributed by atoms with Crippen molar-refractivity contribution in [1.82, 2.24) is 4.90 Å². The van der Waals surface area contributed by atoms with Gasteiger partial charge in [0.05, 0.1) is 0 Å². The minimum Gasteiger partial charge on any atom is -0.457 e. The van der Waals surface area contributed by atoms with E-state index in [1.807, 2.05) is 89.8 Å². The Kier molecular flexibility index (Phi) is 7.17. The number of carbonyl (C=O) groups is 1. The predicted molar refractivity (Wildman–Crippen MR) is 126 cm³/mol. The monoisotopic (exact) mass is 411 g/mol. The van der Waals surface area contributed by atoms with Gasteiger partial charge in [-0.25, -0.2) is 0 Å². The van der Waals surface area contributed by atoms with Crippen LogP contribution in [0.4, 0.5) is 0 Å². The summed E-state index contributed by atoms with van der Waals surface area (Å²) in [5.74, 6) is 1.68. The summed E-state index contributed by atoms with van der Waals surface area (Å²) < 4.78 is 5.99. The summed E-state index contributed by atoms with van der Waals surface area (Å²) in [6, 6.07) is 28.1. The molecule has 0 spiro atoms. The van der Waals surface area contributed by atoms with Crippen LogP contribution in [0, 0.1) is 0 Å². The zero-order valence-corrected chi connectivity index (χ0v) is 17.8. The second kappa shape index (κ2) is 10.6. The van der Waals surface area contributed by atoms with Crippen LogP contribution in [0.25, 0.3) is 6.08 Å². The van der Waals surface area contributed by atoms with Crippen molar-refractivity contribution in [2.45, 2.75) is 44.7 Å². The molecule has 0 N–H and O–H groups in total. The highest BCUT2D eigenvalue weighted by molar-refractivity contribution is 5.92. The third kappa shape index (κ3) is 6.08. The van der Waals surface area contributed by atoms with Crippen molar-refractivity contribution in [2.24, 2.45) is 0 Å². The number of rotatable bonds is 7. The van der Waals surface area contributed by atoms with Crippen LogP contribution < -0.4 is 4.74 Å². The standard InChI is InChI=1S/C28H29NO2/c30-28(20-19-23-11-4-1-5-12-23)29(25-14-6-2-7-15-25)22-24-13-10-18-27(21-24)31-26-16-8-3-9-17-26/h1,3-5,8-13,16-21,25H,2,6-7,14-15,22H2/b20-19+. The lowest BCUT2D eigenvalue weighted by molar-refractivity contribution is -0.129. The number of amides is 1. The fourth-order valence-electron chi connectivity index (χ4n) is 4.14. The van der Waals surface area contributed by atoms with Gasteiger partial charge < -0.3 is 9.64 Å². The minimum atomic E-state index is 0.0742. The van der Waals surface area contributed by atoms with E-state index >= 15 is 0 Å². The molecule has 31 heavy (non-hydrogen) atoms. The molecule has 3 nitrogen and oxygen atoms in total. The third-order valence-electron chi connectivity index (χ3n) is 5.75. The highest BCUT2D eigenvalue weighted by Gasteiger charge is 2.24. The van der Waals surface area contributed by atoms with Gasteiger partial charge in [0.25, 0.3) is 0 Å². The highest BCUT2D eigenvalue weighted by atomic mass is 16.5. The van der Waals surface area contributed by atoms with Crippen LogP contribution in [0.15, 0.2) is 91.0 Å². The van der Waals surface area contributed by atoms with Crippen LogP contribution in [0.2, 0.25) is 0 Å². The summed E-state index contributed by atoms with van der Waals surface area (Å²) in [7, 11) is 0. The predicted octanol–water partition coefficient (Wildman–Crippen LogP) is 6.85. The molecule has 158 valence electrons. The van der Waals surface area contributed by atoms with Crippen LogP contribution in [-0.4, -0.2) is 16.8 Å². The number of carbonyl (C=O) groups excluding carboxylic acids is 1. The van der Waals surface area contributed by atoms with Gasteiger partial charge in [-0.15, -0.1) is 0 Å². The average Bonchev–Trinajstić information content (AvgIpc) is 2.83. The molecule has 0 unspecified atom stereocenters. The molecule has 0 atom stereocenters. The Morgan fingerprint density at radius 3 is 2.26 bits per heavy atom. The summed E-state index contributed by atoms with van der Waals surface area (Å²) in [4.78, 5) is 15.2. The van der Waals surface area contributed by atoms with E-state index in [2.05, 4.69) is 6.07 Å². The van der Waals surface area contributed by atoms with Gasteiger partial charge >= 0.3 is 0 Å². The van der Waals surface area contributed by atoms with Gasteiger partial charge in [-0.1, -0.05) is 79.9 Å². The first-order valence-electron chi connectivity index (χ1n) is 11.1. The molecule has 1 saturated carbocycles. The SMILES string of the molecule is O=C(/C=C/c1ccccc1)N(Cc1cccc(Oc2ccccc2)c1)C1CCCCC1. The Hall–Kier alpha value is -3.33. The lowest BCUT2D eigenvalue weighted by atomic mass is 9.93. The van der Waals surface area contributed by atoms with E-state index in [9.17, 15) is 4.79 Å². The number of para-hydroxylation sites is 1. The Morgan fingerprint density at radius 1 is 0.839 bits per heavy atom. The molecule has 0 bridgehead atoms. The lowest BCUT2D eigenvalue weighted by Gasteiger charge is -2.34. The zero-order valence-electron chi connectivity index (χ0n) is 17.8. The Morgan fingerprint density at radius 2 is 1.52 bits per heavy atom. The first-order valence-corrected chi connectivity index (χ1v) is 11.1. The Labute approximate surface area is 185 Å². The quantitative estimate of drug-likeness (QED) is 0.398. The molecule has 3 heteroatoms. The van der Waals surface area contributed by atoms with Crippen molar-refractivity contribution < 1.29 is 9.53 Å². The van der Waals surface area contributed by atoms with Gasteiger partial charge in [-0.3, -0.25) is 4.79 Å². The number of hydrogen-bond donors (Lipinski definition) is 0. The fraction of sp³-hybridized carbons (Fsp3) is 0.250. The Bertz CT molecular complexity index is 992. The second-order valence-electron chi connectivity index (χ2n) is 8.06. The van der Waals surface area contributed by atoms with Crippen molar-refractivity contribution in [3.05, 3.63) is 102 Å². The molecule has 1 fully saturated rings. The van der Waals surface area contributed by atoms with Crippen molar-refractivity contribution in [3.8, 4) is 11.5 Å². The van der Waals surface area contributed by atoms with Gasteiger partial charge in [0.1, 0.15) is 11.5 Å². The molecule has 0 aliphatic heterocycles. The number of ether oxygens (including phenoxy) is 1. The first kappa shape index (κ1) is 20.9. The molecule has 1 amide bonds. The molecular formula is C28H29NO2. The van der Waals surface area contributed by atoms with Crippen molar-refractivity contribution in [1.29, 1.82) is 0 Å². The van der Waals surface area contributed by atoms with Gasteiger partial charge in [0.15, 0.2) is 0 Å². The van der Waals surface area contributed by atoms with E-state index in [-0.39, 0.29) is 5.91 Å². The van der Waals surface area contributed by atoms with Crippen molar-refractivity contribution in [3.63, 3.8) is 0 Å². The Balaban J connectivity index is 1.51. The second-order valence-corrected chi connectivity index (χ2v) is 8.06. The maximum absolute atomic E-state index is 13.2. The number of nitrogens with zero attached hydrogens (tertiary/aromatic N) is 1. The van der Waals surface area contributed by atoms with E-state index in [1.165, 1.54) is 19.3 Å². The molecule has 3 aromatic carbocycles. The molecule has 0 heterocycles. The summed E-state index contributed by atoms with van der Waals surface area (Å²) in [5, 5.41) is 0. The van der Waals surface area contributed by atoms with E-state index < -0.39 is 0 Å². The van der Waals surface area contributed by atoms with Crippen molar-refractivity contribution >= 4 is 12.0 Å². The molecule has 0 saturated heterocycles. The molecule has 4 rings (SSSR count). The van der Waals surface area contributed by atoms with Crippen LogP contribution in [0.5, 0.6) is 11.5 Å². The number of benzene rings is 3. The highest BCUT2D eigenvalue weighted by Crippen LogP contribution is 2.27. The van der Waals surface area contributed by atoms with E-state index in [1.54, 1.807) is 6.08 Å². The summed E-state index contributed by atoms with van der Waals surface area (Å²) >= 11 is 0. The maximum Gasteiger partial charge on any atom is 0.247 e. The van der Waals surface area contributed by atoms with Crippen molar-refractivity contribution in [2.75, 3.05) is 0 Å². The normalized spacial score (nSPS) is 14.5. The first-order chi connectivity index (χ1) is 15.3. The molecule has 1 aliphatic rings. The third-order valence-corrected chi connectivity index (χ3v) is 5.75. The molecular weight excluding hydrogens is 382 g/mol. The maximum atomic E-state index is 13.2. The van der Waals surface area contributed by atoms with Gasteiger partial charge in [0.2, 0.25) is 5.91 Å². The molecule has 0 aromatic heterocycles. The van der Waals surface area contributed by atoms with Crippen LogP contribution in [0.1, 0.15) is 43.2 Å². The van der Waals surface area contributed by atoms with Gasteiger partial charge in [-0.05, 0) is 54.3 Å². The average molecular weight is 412 g/mol. The molecule has 1 aliphatic carbocycles. The minimum absolute atomic E-state index is 0.0742. The van der Waals surface area contributed by atoms with Gasteiger partial charge in [-0.2, -0.15) is 0 Å². The smallest absolute Gasteiger partial charge is 0.247 e. The molecule has 0 radical (unpaired) electrons. The van der Waals surface area contributed by atoms with Crippen LogP contribution in [-0.2, 0) is 11.3 Å².